The number of hydrogen-bond donors (Lipinski definition) is 3. The van der Waals surface area contributed by atoms with Gasteiger partial charge < -0.3 is 10.7 Å². The number of nitrogens with one attached hydrogen (secondary N) is 2. The molecule has 0 spiro atoms. The van der Waals surface area contributed by atoms with E-state index in [4.69, 9.17) is 18.1 Å². The lowest BCUT2D eigenvalue weighted by atomic mass is 9.95. The minimum absolute atomic E-state index is 0.520. The van der Waals surface area contributed by atoms with Crippen LogP contribution in [0.3, 0.4) is 0 Å². The van der Waals surface area contributed by atoms with Gasteiger partial charge in [0.15, 0.2) is 5.11 Å². The number of thioether (sulfide) groups is 1. The molecule has 0 aliphatic heterocycles. The first kappa shape index (κ1) is 11.1. The molecule has 0 unspecified atom stereocenters. The Hall–Kier alpha value is -0.0000000000000000486. The minimum atomic E-state index is 0.520. The second-order valence-corrected chi connectivity index (χ2v) is 4.87. The maximum atomic E-state index is 5.18. The van der Waals surface area contributed by atoms with Gasteiger partial charge in [-0.25, -0.2) is 5.84 Å². The predicted octanol–water partition coefficient (Wildman–Crippen LogP) is 0.998. The van der Waals surface area contributed by atoms with Gasteiger partial charge in [-0.05, 0) is 44.2 Å². The Balaban J connectivity index is 2.21. The van der Waals surface area contributed by atoms with E-state index in [1.807, 2.05) is 11.8 Å². The molecule has 1 fully saturated rings. The van der Waals surface area contributed by atoms with E-state index in [1.54, 1.807) is 0 Å². The summed E-state index contributed by atoms with van der Waals surface area (Å²) in [5, 5.41) is 4.61. The molecule has 1 saturated carbocycles. The number of thiocarbonyl (C=S) groups is 1. The Morgan fingerprint density at radius 1 is 1.38 bits per heavy atom. The molecule has 0 radical (unpaired) electrons. The fourth-order valence-corrected chi connectivity index (χ4v) is 2.58. The molecule has 0 bridgehead atoms. The van der Waals surface area contributed by atoms with Crippen molar-refractivity contribution in [3.05, 3.63) is 0 Å². The standard InChI is InChI=1S/C8H17N3S2/c1-13-7-4-2-6(3-5-7)10-8(12)11-9/h6-7H,2-5,9H2,1H3,(H2,10,11,12). The summed E-state index contributed by atoms with van der Waals surface area (Å²) >= 11 is 6.91. The van der Waals surface area contributed by atoms with Crippen molar-refractivity contribution in [2.24, 2.45) is 5.84 Å². The monoisotopic (exact) mass is 219 g/mol. The van der Waals surface area contributed by atoms with Crippen molar-refractivity contribution in [2.75, 3.05) is 6.26 Å². The molecule has 0 amide bonds. The molecule has 76 valence electrons. The van der Waals surface area contributed by atoms with Crippen LogP contribution in [0.25, 0.3) is 0 Å². The highest BCUT2D eigenvalue weighted by atomic mass is 32.2. The van der Waals surface area contributed by atoms with Crippen molar-refractivity contribution in [1.82, 2.24) is 10.7 Å². The molecule has 1 aliphatic carbocycles. The first-order valence-electron chi connectivity index (χ1n) is 4.56. The third-order valence-corrected chi connectivity index (χ3v) is 3.85. The highest BCUT2D eigenvalue weighted by molar-refractivity contribution is 7.99. The van der Waals surface area contributed by atoms with Crippen molar-refractivity contribution in [1.29, 1.82) is 0 Å². The molecule has 0 aromatic heterocycles. The maximum absolute atomic E-state index is 5.18. The second kappa shape index (κ2) is 5.67. The number of hydrazine groups is 1. The SMILES string of the molecule is CSC1CCC(NC(=S)NN)CC1. The number of rotatable bonds is 2. The van der Waals surface area contributed by atoms with Gasteiger partial charge in [-0.2, -0.15) is 11.8 Å². The van der Waals surface area contributed by atoms with Gasteiger partial charge in [-0.3, -0.25) is 0 Å². The van der Waals surface area contributed by atoms with Crippen molar-refractivity contribution < 1.29 is 0 Å². The normalized spacial score (nSPS) is 28.2. The molecule has 5 heteroatoms. The van der Waals surface area contributed by atoms with Gasteiger partial charge in [0.25, 0.3) is 0 Å². The Bertz CT molecular complexity index is 167. The van der Waals surface area contributed by atoms with E-state index in [2.05, 4.69) is 17.0 Å². The van der Waals surface area contributed by atoms with E-state index in [0.29, 0.717) is 11.2 Å². The predicted molar refractivity (Wildman–Crippen MR) is 62.6 cm³/mol. The van der Waals surface area contributed by atoms with Gasteiger partial charge >= 0.3 is 0 Å². The summed E-state index contributed by atoms with van der Waals surface area (Å²) < 4.78 is 0. The second-order valence-electron chi connectivity index (χ2n) is 3.33. The lowest BCUT2D eigenvalue weighted by Gasteiger charge is -2.28. The Morgan fingerprint density at radius 3 is 2.46 bits per heavy atom. The Morgan fingerprint density at radius 2 is 2.00 bits per heavy atom. The Kier molecular flexibility index (Phi) is 4.83. The van der Waals surface area contributed by atoms with E-state index in [9.17, 15) is 0 Å². The summed E-state index contributed by atoms with van der Waals surface area (Å²) in [6.45, 7) is 0. The molecule has 0 aromatic rings. The number of hydrogen-bond acceptors (Lipinski definition) is 3. The van der Waals surface area contributed by atoms with Gasteiger partial charge in [0, 0.05) is 11.3 Å². The zero-order valence-electron chi connectivity index (χ0n) is 7.88. The van der Waals surface area contributed by atoms with E-state index in [-0.39, 0.29) is 0 Å². The summed E-state index contributed by atoms with van der Waals surface area (Å²) in [6.07, 6.45) is 7.16. The zero-order valence-corrected chi connectivity index (χ0v) is 9.51. The van der Waals surface area contributed by atoms with Gasteiger partial charge in [0.1, 0.15) is 0 Å². The van der Waals surface area contributed by atoms with E-state index in [0.717, 1.165) is 5.25 Å². The van der Waals surface area contributed by atoms with Crippen LogP contribution in [-0.2, 0) is 0 Å². The lowest BCUT2D eigenvalue weighted by Crippen LogP contribution is -2.46. The molecule has 4 N–H and O–H groups in total. The highest BCUT2D eigenvalue weighted by Gasteiger charge is 2.20. The van der Waals surface area contributed by atoms with Crippen LogP contribution >= 0.6 is 24.0 Å². The van der Waals surface area contributed by atoms with Gasteiger partial charge in [-0.15, -0.1) is 0 Å². The first-order chi connectivity index (χ1) is 6.26. The quantitative estimate of drug-likeness (QED) is 0.367. The van der Waals surface area contributed by atoms with Gasteiger partial charge in [-0.1, -0.05) is 0 Å². The summed E-state index contributed by atoms with van der Waals surface area (Å²) in [5.74, 6) is 5.18. The van der Waals surface area contributed by atoms with Crippen LogP contribution in [0.2, 0.25) is 0 Å². The molecule has 0 heterocycles. The fraction of sp³-hybridized carbons (Fsp3) is 0.875. The van der Waals surface area contributed by atoms with Crippen molar-refractivity contribution >= 4 is 29.1 Å². The first-order valence-corrected chi connectivity index (χ1v) is 6.25. The van der Waals surface area contributed by atoms with Crippen LogP contribution in [0.1, 0.15) is 25.7 Å². The Labute approximate surface area is 89.2 Å². The summed E-state index contributed by atoms with van der Waals surface area (Å²) in [5.41, 5.74) is 2.45. The van der Waals surface area contributed by atoms with Crippen LogP contribution in [0.15, 0.2) is 0 Å². The maximum Gasteiger partial charge on any atom is 0.180 e. The van der Waals surface area contributed by atoms with Crippen molar-refractivity contribution in [2.45, 2.75) is 37.0 Å². The average molecular weight is 219 g/mol. The smallest absolute Gasteiger partial charge is 0.180 e. The molecule has 1 aliphatic rings. The molecular weight excluding hydrogens is 202 g/mol. The molecule has 3 nitrogen and oxygen atoms in total. The fourth-order valence-electron chi connectivity index (χ4n) is 1.67. The molecule has 1 rings (SSSR count). The number of nitrogens with two attached hydrogens (primary N) is 1. The minimum Gasteiger partial charge on any atom is -0.359 e. The van der Waals surface area contributed by atoms with Crippen molar-refractivity contribution in [3.63, 3.8) is 0 Å². The third-order valence-electron chi connectivity index (χ3n) is 2.47. The van der Waals surface area contributed by atoms with Crippen LogP contribution in [0.4, 0.5) is 0 Å². The van der Waals surface area contributed by atoms with Crippen LogP contribution in [-0.4, -0.2) is 22.7 Å². The summed E-state index contributed by atoms with van der Waals surface area (Å²) in [6, 6.07) is 0.520. The summed E-state index contributed by atoms with van der Waals surface area (Å²) in [7, 11) is 0. The third kappa shape index (κ3) is 3.70. The lowest BCUT2D eigenvalue weighted by molar-refractivity contribution is 0.420. The van der Waals surface area contributed by atoms with Gasteiger partial charge in [0.2, 0.25) is 0 Å². The largest absolute Gasteiger partial charge is 0.359 e. The molecule has 0 saturated heterocycles. The van der Waals surface area contributed by atoms with Gasteiger partial charge in [0.05, 0.1) is 0 Å². The van der Waals surface area contributed by atoms with Crippen LogP contribution < -0.4 is 16.6 Å². The molecule has 0 atom stereocenters. The van der Waals surface area contributed by atoms with E-state index >= 15 is 0 Å². The molecule has 13 heavy (non-hydrogen) atoms. The van der Waals surface area contributed by atoms with Crippen LogP contribution in [0.5, 0.6) is 0 Å². The summed E-state index contributed by atoms with van der Waals surface area (Å²) in [4.78, 5) is 0. The van der Waals surface area contributed by atoms with E-state index < -0.39 is 0 Å². The topological polar surface area (TPSA) is 50.1 Å². The van der Waals surface area contributed by atoms with Crippen LogP contribution in [0, 0.1) is 0 Å². The van der Waals surface area contributed by atoms with Crippen molar-refractivity contribution in [3.8, 4) is 0 Å². The zero-order chi connectivity index (χ0) is 9.68. The molecular formula is C8H17N3S2. The van der Waals surface area contributed by atoms with E-state index in [1.165, 1.54) is 25.7 Å². The highest BCUT2D eigenvalue weighted by Crippen LogP contribution is 2.26. The molecule has 0 aromatic carbocycles. The average Bonchev–Trinajstić information content (AvgIpc) is 2.19.